The molecule has 0 N–H and O–H groups in total. The van der Waals surface area contributed by atoms with Gasteiger partial charge in [0.2, 0.25) is 0 Å². The zero-order valence-electron chi connectivity index (χ0n) is 11.4. The Bertz CT molecular complexity index is 406. The Hall–Kier alpha value is -1.04. The van der Waals surface area contributed by atoms with Crippen LogP contribution in [0.3, 0.4) is 0 Å². The van der Waals surface area contributed by atoms with Crippen LogP contribution in [-0.4, -0.2) is 52.9 Å². The van der Waals surface area contributed by atoms with Crippen LogP contribution in [0.5, 0.6) is 0 Å². The summed E-state index contributed by atoms with van der Waals surface area (Å²) in [6, 6.07) is 0. The third-order valence-electron chi connectivity index (χ3n) is 3.93. The van der Waals surface area contributed by atoms with Crippen LogP contribution in [0.15, 0.2) is 18.7 Å². The first kappa shape index (κ1) is 13.0. The highest BCUT2D eigenvalue weighted by Crippen LogP contribution is 2.31. The van der Waals surface area contributed by atoms with Gasteiger partial charge in [0.15, 0.2) is 0 Å². The zero-order chi connectivity index (χ0) is 13.1. The van der Waals surface area contributed by atoms with E-state index >= 15 is 0 Å². The molecular formula is C14H21N3O2. The topological polar surface area (TPSA) is 47.5 Å². The smallest absolute Gasteiger partial charge is 0.115 e. The number of hydrogen-bond donors (Lipinski definition) is 0. The molecule has 5 heteroatoms. The van der Waals surface area contributed by atoms with Gasteiger partial charge in [-0.2, -0.15) is 0 Å². The van der Waals surface area contributed by atoms with Gasteiger partial charge in [0.1, 0.15) is 11.9 Å². The normalized spacial score (nSPS) is 31.9. The molecule has 1 aromatic heterocycles. The predicted molar refractivity (Wildman–Crippen MR) is 70.6 cm³/mol. The monoisotopic (exact) mass is 263 g/mol. The highest BCUT2D eigenvalue weighted by Gasteiger charge is 2.43. The number of ether oxygens (including phenoxy) is 2. The molecule has 2 aliphatic heterocycles. The molecule has 0 amide bonds. The number of hydrogen-bond acceptors (Lipinski definition) is 5. The number of rotatable bonds is 3. The minimum Gasteiger partial charge on any atom is -0.378 e. The summed E-state index contributed by atoms with van der Waals surface area (Å²) in [5.41, 5.74) is 1.07. The molecule has 3 heterocycles. The second-order valence-corrected chi connectivity index (χ2v) is 5.55. The van der Waals surface area contributed by atoms with Crippen LogP contribution in [0, 0.1) is 0 Å². The summed E-state index contributed by atoms with van der Waals surface area (Å²) >= 11 is 0. The van der Waals surface area contributed by atoms with Crippen LogP contribution in [0.25, 0.3) is 0 Å². The Balaban J connectivity index is 1.70. The lowest BCUT2D eigenvalue weighted by atomic mass is 9.98. The average Bonchev–Trinajstić information content (AvgIpc) is 2.87. The van der Waals surface area contributed by atoms with Crippen LogP contribution in [0.4, 0.5) is 0 Å². The van der Waals surface area contributed by atoms with E-state index in [2.05, 4.69) is 21.8 Å². The third kappa shape index (κ3) is 2.94. The lowest BCUT2D eigenvalue weighted by molar-refractivity contribution is -0.156. The lowest BCUT2D eigenvalue weighted by Gasteiger charge is -2.43. The molecule has 5 nitrogen and oxygen atoms in total. The first-order valence-corrected chi connectivity index (χ1v) is 7.01. The minimum absolute atomic E-state index is 0.0887. The molecule has 0 aliphatic carbocycles. The molecule has 1 spiro atoms. The van der Waals surface area contributed by atoms with Gasteiger partial charge in [-0.25, -0.2) is 9.97 Å². The van der Waals surface area contributed by atoms with Crippen molar-refractivity contribution in [2.24, 2.45) is 0 Å². The van der Waals surface area contributed by atoms with Crippen molar-refractivity contribution in [3.8, 4) is 0 Å². The fraction of sp³-hybridized carbons (Fsp3) is 0.714. The SMILES string of the molecule is CC[C@H]1CN(Cc2cncnc2)C[C@@]2(CCOC2)O1. The van der Waals surface area contributed by atoms with Crippen molar-refractivity contribution in [3.05, 3.63) is 24.3 Å². The average molecular weight is 263 g/mol. The highest BCUT2D eigenvalue weighted by molar-refractivity contribution is 5.04. The number of nitrogens with zero attached hydrogens (tertiary/aromatic N) is 3. The molecule has 3 rings (SSSR count). The molecule has 2 aliphatic rings. The summed E-state index contributed by atoms with van der Waals surface area (Å²) in [5, 5.41) is 0. The van der Waals surface area contributed by atoms with E-state index in [4.69, 9.17) is 9.47 Å². The van der Waals surface area contributed by atoms with Gasteiger partial charge in [0.25, 0.3) is 0 Å². The van der Waals surface area contributed by atoms with Crippen LogP contribution in [0.1, 0.15) is 25.3 Å². The molecule has 0 bridgehead atoms. The van der Waals surface area contributed by atoms with E-state index in [0.717, 1.165) is 51.3 Å². The van der Waals surface area contributed by atoms with Crippen LogP contribution in [-0.2, 0) is 16.0 Å². The summed E-state index contributed by atoms with van der Waals surface area (Å²) < 4.78 is 11.8. The summed E-state index contributed by atoms with van der Waals surface area (Å²) in [5.74, 6) is 0. The molecule has 104 valence electrons. The lowest BCUT2D eigenvalue weighted by Crippen LogP contribution is -2.55. The molecular weight excluding hydrogens is 242 g/mol. The second-order valence-electron chi connectivity index (χ2n) is 5.55. The van der Waals surface area contributed by atoms with E-state index < -0.39 is 0 Å². The fourth-order valence-corrected chi connectivity index (χ4v) is 3.00. The van der Waals surface area contributed by atoms with Gasteiger partial charge in [-0.05, 0) is 6.42 Å². The van der Waals surface area contributed by atoms with Gasteiger partial charge in [0.05, 0.1) is 12.7 Å². The van der Waals surface area contributed by atoms with Crippen molar-refractivity contribution in [3.63, 3.8) is 0 Å². The summed E-state index contributed by atoms with van der Waals surface area (Å²) in [4.78, 5) is 10.6. The molecule has 0 unspecified atom stereocenters. The van der Waals surface area contributed by atoms with Gasteiger partial charge >= 0.3 is 0 Å². The van der Waals surface area contributed by atoms with Crippen molar-refractivity contribution in [2.75, 3.05) is 26.3 Å². The van der Waals surface area contributed by atoms with Crippen molar-refractivity contribution in [1.29, 1.82) is 0 Å². The number of aromatic nitrogens is 2. The maximum atomic E-state index is 6.25. The first-order chi connectivity index (χ1) is 9.30. The van der Waals surface area contributed by atoms with Gasteiger partial charge < -0.3 is 9.47 Å². The van der Waals surface area contributed by atoms with Gasteiger partial charge in [-0.15, -0.1) is 0 Å². The minimum atomic E-state index is -0.0887. The Morgan fingerprint density at radius 3 is 2.95 bits per heavy atom. The maximum absolute atomic E-state index is 6.25. The van der Waals surface area contributed by atoms with Crippen LogP contribution in [0.2, 0.25) is 0 Å². The maximum Gasteiger partial charge on any atom is 0.115 e. The van der Waals surface area contributed by atoms with E-state index in [1.807, 2.05) is 12.4 Å². The van der Waals surface area contributed by atoms with E-state index in [0.29, 0.717) is 6.10 Å². The molecule has 2 atom stereocenters. The van der Waals surface area contributed by atoms with Crippen LogP contribution < -0.4 is 0 Å². The van der Waals surface area contributed by atoms with Gasteiger partial charge in [0, 0.05) is 50.6 Å². The van der Waals surface area contributed by atoms with Crippen molar-refractivity contribution in [1.82, 2.24) is 14.9 Å². The third-order valence-corrected chi connectivity index (χ3v) is 3.93. The van der Waals surface area contributed by atoms with Crippen molar-refractivity contribution < 1.29 is 9.47 Å². The number of morpholine rings is 1. The largest absolute Gasteiger partial charge is 0.378 e. The van der Waals surface area contributed by atoms with E-state index in [1.54, 1.807) is 6.33 Å². The van der Waals surface area contributed by atoms with Gasteiger partial charge in [-0.3, -0.25) is 4.90 Å². The van der Waals surface area contributed by atoms with E-state index in [-0.39, 0.29) is 5.60 Å². The Morgan fingerprint density at radius 1 is 1.42 bits per heavy atom. The molecule has 0 saturated carbocycles. The Labute approximate surface area is 113 Å². The summed E-state index contributed by atoms with van der Waals surface area (Å²) in [6.07, 6.45) is 7.71. The fourth-order valence-electron chi connectivity index (χ4n) is 3.00. The second kappa shape index (κ2) is 5.53. The van der Waals surface area contributed by atoms with Crippen molar-refractivity contribution >= 4 is 0 Å². The van der Waals surface area contributed by atoms with Gasteiger partial charge in [-0.1, -0.05) is 6.92 Å². The molecule has 1 aromatic rings. The predicted octanol–water partition coefficient (Wildman–Crippen LogP) is 1.25. The van der Waals surface area contributed by atoms with Crippen molar-refractivity contribution in [2.45, 2.75) is 38.0 Å². The Morgan fingerprint density at radius 2 is 2.26 bits per heavy atom. The van der Waals surface area contributed by atoms with E-state index in [9.17, 15) is 0 Å². The molecule has 2 fully saturated rings. The standard InChI is InChI=1S/C14H21N3O2/c1-2-13-8-17(7-12-5-15-11-16-6-12)9-14(19-13)3-4-18-10-14/h5-6,11,13H,2-4,7-10H2,1H3/t13-,14+/m0/s1. The van der Waals surface area contributed by atoms with Crippen LogP contribution >= 0.6 is 0 Å². The molecule has 19 heavy (non-hydrogen) atoms. The zero-order valence-corrected chi connectivity index (χ0v) is 11.4. The summed E-state index contributed by atoms with van der Waals surface area (Å²) in [7, 11) is 0. The first-order valence-electron chi connectivity index (χ1n) is 7.01. The molecule has 0 aromatic carbocycles. The summed E-state index contributed by atoms with van der Waals surface area (Å²) in [6.45, 7) is 6.54. The quantitative estimate of drug-likeness (QED) is 0.821. The molecule has 0 radical (unpaired) electrons. The highest BCUT2D eigenvalue weighted by atomic mass is 16.6. The van der Waals surface area contributed by atoms with E-state index in [1.165, 1.54) is 0 Å². The molecule has 2 saturated heterocycles. The Kier molecular flexibility index (Phi) is 3.77.